The third-order valence-electron chi connectivity index (χ3n) is 4.70. The van der Waals surface area contributed by atoms with Crippen LogP contribution >= 0.6 is 0 Å². The summed E-state index contributed by atoms with van der Waals surface area (Å²) in [6.07, 6.45) is 2.35. The molecule has 0 radical (unpaired) electrons. The molecule has 3 rings (SSSR count). The fraction of sp³-hybridized carbons (Fsp3) is 0.368. The van der Waals surface area contributed by atoms with Crippen LogP contribution in [0.2, 0.25) is 0 Å². The van der Waals surface area contributed by atoms with Crippen molar-refractivity contribution in [3.05, 3.63) is 59.4 Å². The van der Waals surface area contributed by atoms with Gasteiger partial charge in [-0.05, 0) is 24.6 Å². The van der Waals surface area contributed by atoms with Crippen molar-refractivity contribution in [2.45, 2.75) is 19.0 Å². The first kappa shape index (κ1) is 17.2. The zero-order chi connectivity index (χ0) is 17.6. The molecule has 1 saturated heterocycles. The summed E-state index contributed by atoms with van der Waals surface area (Å²) in [6.45, 7) is 2.47. The Labute approximate surface area is 147 Å². The van der Waals surface area contributed by atoms with Crippen LogP contribution in [-0.4, -0.2) is 46.6 Å². The van der Waals surface area contributed by atoms with Crippen LogP contribution in [0.15, 0.2) is 42.6 Å². The maximum absolute atomic E-state index is 12.4. The average Bonchev–Trinajstić information content (AvgIpc) is 3.12. The molecule has 0 spiro atoms. The maximum Gasteiger partial charge on any atom is 0.268 e. The molecule has 2 atom stereocenters. The number of hydrogen-bond acceptors (Lipinski definition) is 4. The van der Waals surface area contributed by atoms with Gasteiger partial charge in [0.25, 0.3) is 5.91 Å². The van der Waals surface area contributed by atoms with Gasteiger partial charge in [-0.15, -0.1) is 0 Å². The summed E-state index contributed by atoms with van der Waals surface area (Å²) in [7, 11) is 0. The Morgan fingerprint density at radius 2 is 2.20 bits per heavy atom. The van der Waals surface area contributed by atoms with Gasteiger partial charge in [0.1, 0.15) is 11.8 Å². The molecule has 1 aliphatic rings. The van der Waals surface area contributed by atoms with Gasteiger partial charge >= 0.3 is 0 Å². The molecular formula is C19H22N4O2. The molecule has 0 saturated carbocycles. The zero-order valence-corrected chi connectivity index (χ0v) is 14.0. The highest BCUT2D eigenvalue weighted by atomic mass is 16.3. The minimum Gasteiger partial charge on any atom is -0.396 e. The van der Waals surface area contributed by atoms with Gasteiger partial charge in [0.15, 0.2) is 0 Å². The average molecular weight is 338 g/mol. The Morgan fingerprint density at radius 3 is 2.88 bits per heavy atom. The molecule has 6 nitrogen and oxygen atoms in total. The molecule has 2 heterocycles. The largest absolute Gasteiger partial charge is 0.396 e. The van der Waals surface area contributed by atoms with E-state index in [0.29, 0.717) is 17.8 Å². The number of likely N-dealkylation sites (tertiary alicyclic amines) is 1. The number of H-pyrrole nitrogens is 1. The van der Waals surface area contributed by atoms with Crippen LogP contribution in [0.3, 0.4) is 0 Å². The van der Waals surface area contributed by atoms with Gasteiger partial charge in [-0.25, -0.2) is 0 Å². The molecule has 1 fully saturated rings. The number of hydrogen-bond donors (Lipinski definition) is 3. The van der Waals surface area contributed by atoms with Crippen molar-refractivity contribution in [1.82, 2.24) is 15.2 Å². The van der Waals surface area contributed by atoms with E-state index in [9.17, 15) is 9.90 Å². The van der Waals surface area contributed by atoms with E-state index >= 15 is 0 Å². The quantitative estimate of drug-likeness (QED) is 0.770. The number of rotatable bonds is 5. The fourth-order valence-electron chi connectivity index (χ4n) is 3.27. The smallest absolute Gasteiger partial charge is 0.268 e. The van der Waals surface area contributed by atoms with Gasteiger partial charge in [-0.3, -0.25) is 9.69 Å². The second-order valence-corrected chi connectivity index (χ2v) is 6.45. The molecule has 130 valence electrons. The number of nitrogens with one attached hydrogen (secondary N) is 2. The van der Waals surface area contributed by atoms with E-state index < -0.39 is 0 Å². The lowest BCUT2D eigenvalue weighted by Gasteiger charge is -2.38. The van der Waals surface area contributed by atoms with Crippen molar-refractivity contribution >= 4 is 5.91 Å². The van der Waals surface area contributed by atoms with Gasteiger partial charge < -0.3 is 15.4 Å². The van der Waals surface area contributed by atoms with Gasteiger partial charge in [0.05, 0.1) is 5.56 Å². The minimum absolute atomic E-state index is 0.0429. The van der Waals surface area contributed by atoms with E-state index in [-0.39, 0.29) is 24.5 Å². The van der Waals surface area contributed by atoms with Crippen LogP contribution in [0.1, 0.15) is 28.0 Å². The monoisotopic (exact) mass is 338 g/mol. The predicted molar refractivity (Wildman–Crippen MR) is 93.7 cm³/mol. The van der Waals surface area contributed by atoms with E-state index in [2.05, 4.69) is 27.3 Å². The van der Waals surface area contributed by atoms with E-state index in [0.717, 1.165) is 19.5 Å². The van der Waals surface area contributed by atoms with Gasteiger partial charge in [-0.1, -0.05) is 30.3 Å². The lowest BCUT2D eigenvalue weighted by Crippen LogP contribution is -2.53. The van der Waals surface area contributed by atoms with Crippen molar-refractivity contribution in [2.24, 2.45) is 5.92 Å². The van der Waals surface area contributed by atoms with Crippen molar-refractivity contribution in [3.63, 3.8) is 0 Å². The number of aromatic amines is 1. The van der Waals surface area contributed by atoms with Gasteiger partial charge in [0.2, 0.25) is 0 Å². The highest BCUT2D eigenvalue weighted by Gasteiger charge is 2.30. The van der Waals surface area contributed by atoms with Crippen LogP contribution in [-0.2, 0) is 6.54 Å². The Morgan fingerprint density at radius 1 is 1.40 bits per heavy atom. The summed E-state index contributed by atoms with van der Waals surface area (Å²) >= 11 is 0. The summed E-state index contributed by atoms with van der Waals surface area (Å²) in [4.78, 5) is 17.5. The van der Waals surface area contributed by atoms with E-state index in [4.69, 9.17) is 5.26 Å². The van der Waals surface area contributed by atoms with E-state index in [1.807, 2.05) is 24.3 Å². The number of benzene rings is 1. The minimum atomic E-state index is -0.244. The zero-order valence-electron chi connectivity index (χ0n) is 14.0. The summed E-state index contributed by atoms with van der Waals surface area (Å²) in [5.74, 6) is -0.201. The Hall–Kier alpha value is -2.62. The number of nitrogens with zero attached hydrogens (tertiary/aromatic N) is 2. The molecule has 3 N–H and O–H groups in total. The van der Waals surface area contributed by atoms with E-state index in [1.54, 1.807) is 0 Å². The van der Waals surface area contributed by atoms with E-state index in [1.165, 1.54) is 17.8 Å². The van der Waals surface area contributed by atoms with Gasteiger partial charge in [0, 0.05) is 37.9 Å². The molecule has 1 aromatic carbocycles. The van der Waals surface area contributed by atoms with Crippen LogP contribution < -0.4 is 5.32 Å². The molecule has 0 bridgehead atoms. The Bertz CT molecular complexity index is 750. The third-order valence-corrected chi connectivity index (χ3v) is 4.70. The number of aromatic nitrogens is 1. The summed E-state index contributed by atoms with van der Waals surface area (Å²) in [5, 5.41) is 21.5. The number of carbonyl (C=O) groups is 1. The maximum atomic E-state index is 12.4. The van der Waals surface area contributed by atoms with Crippen molar-refractivity contribution < 1.29 is 9.90 Å². The number of piperidine rings is 1. The molecule has 0 aliphatic carbocycles. The number of aliphatic hydroxyl groups excluding tert-OH is 1. The molecule has 0 unspecified atom stereocenters. The van der Waals surface area contributed by atoms with Crippen LogP contribution in [0.5, 0.6) is 0 Å². The molecule has 25 heavy (non-hydrogen) atoms. The molecular weight excluding hydrogens is 316 g/mol. The summed E-state index contributed by atoms with van der Waals surface area (Å²) < 4.78 is 0. The first-order chi connectivity index (χ1) is 12.2. The Balaban J connectivity index is 1.64. The topological polar surface area (TPSA) is 92.1 Å². The van der Waals surface area contributed by atoms with Crippen LogP contribution in [0, 0.1) is 17.2 Å². The first-order valence-corrected chi connectivity index (χ1v) is 8.46. The van der Waals surface area contributed by atoms with Crippen molar-refractivity contribution in [3.8, 4) is 6.07 Å². The highest BCUT2D eigenvalue weighted by Crippen LogP contribution is 2.20. The molecule has 2 aromatic rings. The normalized spacial score (nSPS) is 20.8. The standard InChI is InChI=1S/C19H22N4O2/c20-9-15-8-17(21-10-15)19(25)22-18-12-23(7-6-16(18)13-24)11-14-4-2-1-3-5-14/h1-5,8,10,16,18,21,24H,6-7,11-13H2,(H,22,25)/t16-,18-/m1/s1. The summed E-state index contributed by atoms with van der Waals surface area (Å²) in [5.41, 5.74) is 2.03. The van der Waals surface area contributed by atoms with Crippen molar-refractivity contribution in [2.75, 3.05) is 19.7 Å². The third kappa shape index (κ3) is 4.27. The van der Waals surface area contributed by atoms with Crippen LogP contribution in [0.4, 0.5) is 0 Å². The molecule has 6 heteroatoms. The molecule has 1 amide bonds. The summed E-state index contributed by atoms with van der Waals surface area (Å²) in [6, 6.07) is 13.6. The van der Waals surface area contributed by atoms with Crippen molar-refractivity contribution in [1.29, 1.82) is 5.26 Å². The first-order valence-electron chi connectivity index (χ1n) is 8.46. The predicted octanol–water partition coefficient (Wildman–Crippen LogP) is 1.50. The Kier molecular flexibility index (Phi) is 5.49. The second-order valence-electron chi connectivity index (χ2n) is 6.45. The number of amides is 1. The number of aliphatic hydroxyl groups is 1. The number of nitriles is 1. The lowest BCUT2D eigenvalue weighted by atomic mass is 9.91. The lowest BCUT2D eigenvalue weighted by molar-refractivity contribution is 0.0727. The molecule has 1 aliphatic heterocycles. The number of carbonyl (C=O) groups excluding carboxylic acids is 1. The fourth-order valence-corrected chi connectivity index (χ4v) is 3.27. The van der Waals surface area contributed by atoms with Gasteiger partial charge in [-0.2, -0.15) is 5.26 Å². The second kappa shape index (κ2) is 7.97. The molecule has 1 aromatic heterocycles. The SMILES string of the molecule is N#Cc1c[nH]c(C(=O)N[C@@H]2CN(Cc3ccccc3)CC[C@@H]2CO)c1. The van der Waals surface area contributed by atoms with Crippen LogP contribution in [0.25, 0.3) is 0 Å². The highest BCUT2D eigenvalue weighted by molar-refractivity contribution is 5.93.